The summed E-state index contributed by atoms with van der Waals surface area (Å²) in [6, 6.07) is 0. The van der Waals surface area contributed by atoms with Crippen LogP contribution >= 0.6 is 7.87 Å². The normalized spacial score (nSPS) is 24.8. The van der Waals surface area contributed by atoms with Gasteiger partial charge >= 0.3 is 142 Å². The van der Waals surface area contributed by atoms with Crippen molar-refractivity contribution in [2.24, 2.45) is 0 Å². The predicted molar refractivity (Wildman–Crippen MR) is 92.8 cm³/mol. The fourth-order valence-electron chi connectivity index (χ4n) is 4.57. The van der Waals surface area contributed by atoms with Crippen LogP contribution in [0.15, 0.2) is 6.33 Å². The van der Waals surface area contributed by atoms with Crippen molar-refractivity contribution in [1.29, 1.82) is 0 Å². The van der Waals surface area contributed by atoms with E-state index in [1.807, 2.05) is 4.45 Å². The van der Waals surface area contributed by atoms with Crippen LogP contribution in [-0.2, 0) is 0 Å². The summed E-state index contributed by atoms with van der Waals surface area (Å²) in [6.07, 6.45) is 8.83. The third-order valence-corrected chi connectivity index (χ3v) is 10.3. The molecule has 0 spiro atoms. The summed E-state index contributed by atoms with van der Waals surface area (Å²) < 4.78 is 9.71. The molecule has 1 aromatic rings. The zero-order valence-electron chi connectivity index (χ0n) is 14.0. The van der Waals surface area contributed by atoms with Gasteiger partial charge in [-0.25, -0.2) is 0 Å². The first-order valence-electron chi connectivity index (χ1n) is 9.04. The summed E-state index contributed by atoms with van der Waals surface area (Å²) in [5.41, 5.74) is 0. The maximum atomic E-state index is 11.1. The first kappa shape index (κ1) is 16.3. The first-order chi connectivity index (χ1) is 11.7. The fraction of sp³-hybridized carbons (Fsp3) is 0.857. The molecule has 134 valence electrons. The summed E-state index contributed by atoms with van der Waals surface area (Å²) in [6.45, 7) is 6.37. The Bertz CT molecular complexity index is 551. The van der Waals surface area contributed by atoms with Gasteiger partial charge in [0.15, 0.2) is 0 Å². The molecule has 0 bridgehead atoms. The van der Waals surface area contributed by atoms with E-state index in [0.29, 0.717) is 0 Å². The van der Waals surface area contributed by atoms with Gasteiger partial charge in [0.1, 0.15) is 0 Å². The van der Waals surface area contributed by atoms with Gasteiger partial charge in [-0.1, -0.05) is 0 Å². The number of aromatic nitrogens is 3. The summed E-state index contributed by atoms with van der Waals surface area (Å²) in [7, 11) is -2.46. The van der Waals surface area contributed by atoms with Crippen LogP contribution in [0, 0.1) is 10.1 Å². The Morgan fingerprint density at radius 2 is 1.29 bits per heavy atom. The van der Waals surface area contributed by atoms with Crippen LogP contribution in [-0.4, -0.2) is 72.7 Å². The van der Waals surface area contributed by atoms with Crippen LogP contribution < -0.4 is 0 Å². The van der Waals surface area contributed by atoms with E-state index in [1.165, 1.54) is 38.5 Å². The van der Waals surface area contributed by atoms with Crippen LogP contribution in [0.5, 0.6) is 0 Å². The van der Waals surface area contributed by atoms with E-state index in [4.69, 9.17) is 0 Å². The van der Waals surface area contributed by atoms with E-state index >= 15 is 0 Å². The van der Waals surface area contributed by atoms with Gasteiger partial charge in [-0.15, -0.1) is 0 Å². The zero-order valence-corrected chi connectivity index (χ0v) is 15.0. The van der Waals surface area contributed by atoms with E-state index in [1.54, 1.807) is 6.33 Å². The second kappa shape index (κ2) is 6.63. The van der Waals surface area contributed by atoms with Crippen LogP contribution in [0.1, 0.15) is 38.5 Å². The van der Waals surface area contributed by atoms with Crippen molar-refractivity contribution >= 4 is 13.8 Å². The third kappa shape index (κ3) is 2.54. The van der Waals surface area contributed by atoms with Crippen LogP contribution in [0.3, 0.4) is 0 Å². The Labute approximate surface area is 142 Å². The van der Waals surface area contributed by atoms with E-state index in [0.717, 1.165) is 39.3 Å². The van der Waals surface area contributed by atoms with Gasteiger partial charge in [0.2, 0.25) is 0 Å². The van der Waals surface area contributed by atoms with Crippen LogP contribution in [0.2, 0.25) is 0 Å². The van der Waals surface area contributed by atoms with E-state index in [9.17, 15) is 10.1 Å². The summed E-state index contributed by atoms with van der Waals surface area (Å²) in [4.78, 5) is 14.7. The van der Waals surface area contributed by atoms with Gasteiger partial charge in [-0.05, 0) is 0 Å². The standard InChI is InChI=1S/C14H26N7O2P/c22-21(23)14-15-13-20(16-14)24(17-7-1-2-8-17,18-9-3-4-10-18)19-11-5-6-12-19/h13,24H,1-12H2. The van der Waals surface area contributed by atoms with E-state index in [-0.39, 0.29) is 5.95 Å². The SMILES string of the molecule is O=[N+]([O-])c1ncn([PH](N2CCCC2)(N2CCCC2)N2CCCC2)n1. The molecule has 0 saturated carbocycles. The van der Waals surface area contributed by atoms with Gasteiger partial charge in [0.05, 0.1) is 0 Å². The zero-order chi connectivity index (χ0) is 16.6. The summed E-state index contributed by atoms with van der Waals surface area (Å²) in [5, 5.41) is 15.5. The Morgan fingerprint density at radius 3 is 1.62 bits per heavy atom. The molecule has 9 nitrogen and oxygen atoms in total. The Balaban J connectivity index is 1.82. The fourth-order valence-corrected chi connectivity index (χ4v) is 9.82. The molecule has 0 atom stereocenters. The Kier molecular flexibility index (Phi) is 4.51. The number of hydrogen-bond donors (Lipinski definition) is 0. The van der Waals surface area contributed by atoms with E-state index in [2.05, 4.69) is 24.1 Å². The molecular weight excluding hydrogens is 329 g/mol. The van der Waals surface area contributed by atoms with Gasteiger partial charge in [0.25, 0.3) is 0 Å². The first-order valence-corrected chi connectivity index (χ1v) is 10.8. The molecule has 0 radical (unpaired) electrons. The minimum absolute atomic E-state index is 0.274. The second-order valence-electron chi connectivity index (χ2n) is 6.93. The summed E-state index contributed by atoms with van der Waals surface area (Å²) >= 11 is 0. The average molecular weight is 355 g/mol. The molecule has 4 heterocycles. The van der Waals surface area contributed by atoms with Crippen molar-refractivity contribution < 1.29 is 4.92 Å². The van der Waals surface area contributed by atoms with Crippen molar-refractivity contribution in [3.05, 3.63) is 16.4 Å². The number of rotatable bonds is 5. The van der Waals surface area contributed by atoms with Crippen molar-refractivity contribution in [1.82, 2.24) is 28.5 Å². The molecule has 3 fully saturated rings. The molecule has 1 aromatic heterocycles. The molecule has 3 aliphatic rings. The average Bonchev–Trinajstić information content (AvgIpc) is 3.38. The van der Waals surface area contributed by atoms with Crippen molar-refractivity contribution in [2.75, 3.05) is 39.3 Å². The molecule has 0 aromatic carbocycles. The third-order valence-electron chi connectivity index (χ3n) is 5.54. The van der Waals surface area contributed by atoms with Gasteiger partial charge in [0, 0.05) is 0 Å². The quantitative estimate of drug-likeness (QED) is 0.452. The van der Waals surface area contributed by atoms with Gasteiger partial charge < -0.3 is 0 Å². The van der Waals surface area contributed by atoms with Crippen LogP contribution in [0.4, 0.5) is 5.95 Å². The second-order valence-corrected chi connectivity index (χ2v) is 10.5. The number of nitro groups is 1. The molecular formula is C14H26N7O2P. The monoisotopic (exact) mass is 355 g/mol. The predicted octanol–water partition coefficient (Wildman–Crippen LogP) is 1.73. The maximum absolute atomic E-state index is 11.1. The number of nitrogens with zero attached hydrogens (tertiary/aromatic N) is 7. The van der Waals surface area contributed by atoms with E-state index < -0.39 is 12.8 Å². The van der Waals surface area contributed by atoms with Gasteiger partial charge in [-0.2, -0.15) is 0 Å². The molecule has 24 heavy (non-hydrogen) atoms. The van der Waals surface area contributed by atoms with Crippen molar-refractivity contribution in [3.63, 3.8) is 0 Å². The number of hydrogen-bond acceptors (Lipinski definition) is 7. The van der Waals surface area contributed by atoms with Crippen molar-refractivity contribution in [3.8, 4) is 0 Å². The Hall–Kier alpha value is -1.15. The molecule has 0 amide bonds. The van der Waals surface area contributed by atoms with Crippen LogP contribution in [0.25, 0.3) is 0 Å². The van der Waals surface area contributed by atoms with Crippen molar-refractivity contribution in [2.45, 2.75) is 38.5 Å². The topological polar surface area (TPSA) is 83.6 Å². The molecule has 4 rings (SSSR count). The van der Waals surface area contributed by atoms with Gasteiger partial charge in [-0.3, -0.25) is 0 Å². The molecule has 0 aliphatic carbocycles. The summed E-state index contributed by atoms with van der Waals surface area (Å²) in [5.74, 6) is -0.274. The molecule has 10 heteroatoms. The minimum atomic E-state index is -2.46. The Morgan fingerprint density at radius 1 is 0.875 bits per heavy atom. The molecule has 3 aliphatic heterocycles. The molecule has 3 saturated heterocycles. The molecule has 0 N–H and O–H groups in total. The molecule has 0 unspecified atom stereocenters.